The van der Waals surface area contributed by atoms with Crippen molar-refractivity contribution in [2.45, 2.75) is 0 Å². The summed E-state index contributed by atoms with van der Waals surface area (Å²) in [6.07, 6.45) is 0. The van der Waals surface area contributed by atoms with Crippen LogP contribution in [-0.4, -0.2) is 3.56 Å². The van der Waals surface area contributed by atoms with Crippen molar-refractivity contribution in [2.24, 2.45) is 0 Å². The van der Waals surface area contributed by atoms with Gasteiger partial charge in [0.05, 0.1) is 0 Å². The second-order valence-corrected chi connectivity index (χ2v) is 2.33. The standard InChI is InChI=1S/CS.ClH.Rh/c1-2;;/h;1H;/q;;+1/p-1. The van der Waals surface area contributed by atoms with Gasteiger partial charge in [-0.2, -0.15) is 0 Å². The van der Waals surface area contributed by atoms with Crippen LogP contribution in [0, 0.1) is 0 Å². The van der Waals surface area contributed by atoms with Gasteiger partial charge in [0, 0.05) is 0 Å². The van der Waals surface area contributed by atoms with Gasteiger partial charge in [-0.15, -0.1) is 0 Å². The first-order chi connectivity index (χ1) is 1.91. The van der Waals surface area contributed by atoms with Gasteiger partial charge in [-0.25, -0.2) is 0 Å². The Morgan fingerprint density at radius 2 is 2.25 bits per heavy atom. The third-order valence-corrected chi connectivity index (χ3v) is 1.37. The summed E-state index contributed by atoms with van der Waals surface area (Å²) in [6, 6.07) is 0. The first kappa shape index (κ1) is 4.91. The Hall–Kier alpha value is 0.913. The zero-order valence-electron chi connectivity index (χ0n) is 1.62. The van der Waals surface area contributed by atoms with Crippen LogP contribution >= 0.6 is 21.9 Å². The molecule has 0 unspecified atom stereocenters. The Labute approximate surface area is 41.3 Å². The number of thiocarbonyl (C=S) groups is 1. The quantitative estimate of drug-likeness (QED) is 0.399. The summed E-state index contributed by atoms with van der Waals surface area (Å²) >= 11 is 4.11. The molecule has 0 saturated carbocycles. The Kier molecular flexibility index (Phi) is 4.81. The molecule has 0 aromatic heterocycles. The average Bonchev–Trinajstić information content (AvgIpc) is 1.37. The van der Waals surface area contributed by atoms with Gasteiger partial charge in [0.25, 0.3) is 0 Å². The summed E-state index contributed by atoms with van der Waals surface area (Å²) in [5.74, 6) is 0. The van der Waals surface area contributed by atoms with Gasteiger partial charge in [-0.3, -0.25) is 0 Å². The first-order valence-electron chi connectivity index (χ1n) is 0.497. The summed E-state index contributed by atoms with van der Waals surface area (Å²) in [4.78, 5) is 0. The molecule has 0 rings (SSSR count). The molecule has 0 atom stereocenters. The van der Waals surface area contributed by atoms with E-state index in [1.165, 1.54) is 0 Å². The second-order valence-electron chi connectivity index (χ2n) is 0.131. The fourth-order valence-corrected chi connectivity index (χ4v) is 0. The van der Waals surface area contributed by atoms with E-state index in [0.717, 1.165) is 0 Å². The topological polar surface area (TPSA) is 0 Å². The monoisotopic (exact) mass is 182 g/mol. The van der Waals surface area contributed by atoms with Gasteiger partial charge in [0.2, 0.25) is 0 Å². The van der Waals surface area contributed by atoms with Crippen molar-refractivity contribution in [1.29, 1.82) is 0 Å². The van der Waals surface area contributed by atoms with Crippen molar-refractivity contribution in [3.8, 4) is 0 Å². The Morgan fingerprint density at radius 3 is 2.25 bits per heavy atom. The Morgan fingerprint density at radius 1 is 2.00 bits per heavy atom. The normalized spacial score (nSPS) is 6.25. The van der Waals surface area contributed by atoms with Gasteiger partial charge in [0.1, 0.15) is 0 Å². The SMILES string of the molecule is S=[C]=[Rh][Cl]. The van der Waals surface area contributed by atoms with Gasteiger partial charge in [-0.05, 0) is 0 Å². The van der Waals surface area contributed by atoms with Crippen molar-refractivity contribution in [1.82, 2.24) is 0 Å². The minimum absolute atomic E-state index is 0.0946. The predicted molar refractivity (Wildman–Crippen MR) is 18.5 cm³/mol. The Bertz CT molecular complexity index is 46.0. The second kappa shape index (κ2) is 3.91. The van der Waals surface area contributed by atoms with Crippen LogP contribution in [-0.2, 0) is 15.7 Å². The molecule has 4 heavy (non-hydrogen) atoms. The van der Waals surface area contributed by atoms with E-state index in [2.05, 4.69) is 15.8 Å². The third kappa shape index (κ3) is 2.91. The van der Waals surface area contributed by atoms with Gasteiger partial charge >= 0.3 is 41.1 Å². The summed E-state index contributed by atoms with van der Waals surface area (Å²) in [5.41, 5.74) is 0. The van der Waals surface area contributed by atoms with E-state index in [9.17, 15) is 0 Å². The summed E-state index contributed by atoms with van der Waals surface area (Å²) < 4.78 is 2.35. The summed E-state index contributed by atoms with van der Waals surface area (Å²) in [7, 11) is 5.04. The van der Waals surface area contributed by atoms with E-state index in [0.29, 0.717) is 0 Å². The van der Waals surface area contributed by atoms with E-state index in [-0.39, 0.29) is 15.7 Å². The number of rotatable bonds is 0. The molecule has 26 valence electrons. The summed E-state index contributed by atoms with van der Waals surface area (Å²) in [6.45, 7) is 0. The van der Waals surface area contributed by atoms with Crippen LogP contribution in [0.5, 0.6) is 0 Å². The van der Waals surface area contributed by atoms with E-state index >= 15 is 0 Å². The average molecular weight is 182 g/mol. The predicted octanol–water partition coefficient (Wildman–Crippen LogP) is 1.06. The molecule has 0 aliphatic heterocycles. The molecular weight excluding hydrogens is 182 g/mol. The molecule has 0 fully saturated rings. The van der Waals surface area contributed by atoms with Crippen LogP contribution in [0.1, 0.15) is 0 Å². The minimum atomic E-state index is -0.0946. The molecule has 0 bridgehead atoms. The van der Waals surface area contributed by atoms with Crippen LogP contribution in [0.25, 0.3) is 0 Å². The molecule has 0 N–H and O–H groups in total. The van der Waals surface area contributed by atoms with Crippen LogP contribution in [0.15, 0.2) is 0 Å². The molecular formula is CClRhS. The molecule has 0 nitrogen and oxygen atoms in total. The van der Waals surface area contributed by atoms with Crippen molar-refractivity contribution < 1.29 is 15.7 Å². The molecule has 0 aromatic rings. The molecule has 3 heteroatoms. The van der Waals surface area contributed by atoms with Crippen molar-refractivity contribution >= 4 is 25.5 Å². The van der Waals surface area contributed by atoms with Crippen LogP contribution in [0.4, 0.5) is 0 Å². The third-order valence-electron chi connectivity index (χ3n) is 0.0257. The molecule has 0 saturated heterocycles. The van der Waals surface area contributed by atoms with Gasteiger partial charge < -0.3 is 0 Å². The van der Waals surface area contributed by atoms with Crippen molar-refractivity contribution in [3.05, 3.63) is 0 Å². The van der Waals surface area contributed by atoms with Gasteiger partial charge in [0.15, 0.2) is 0 Å². The maximum atomic E-state index is 5.04. The molecule has 0 aliphatic rings. The number of hydrogen-bond acceptors (Lipinski definition) is 1. The van der Waals surface area contributed by atoms with E-state index < -0.39 is 0 Å². The Balaban J connectivity index is 3.11. The maximum absolute atomic E-state index is 5.04. The van der Waals surface area contributed by atoms with Crippen LogP contribution in [0.2, 0.25) is 0 Å². The van der Waals surface area contributed by atoms with Gasteiger partial charge in [-0.1, -0.05) is 0 Å². The molecule has 0 amide bonds. The zero-order valence-corrected chi connectivity index (χ0v) is 4.83. The first-order valence-corrected chi connectivity index (χ1v) is 3.83. The van der Waals surface area contributed by atoms with Crippen LogP contribution < -0.4 is 0 Å². The molecule has 0 spiro atoms. The molecule has 0 aliphatic carbocycles. The number of hydrogen-bond donors (Lipinski definition) is 0. The number of halogens is 1. The van der Waals surface area contributed by atoms with Crippen LogP contribution in [0.3, 0.4) is 0 Å². The zero-order chi connectivity index (χ0) is 3.41. The fourth-order valence-electron chi connectivity index (χ4n) is 0. The van der Waals surface area contributed by atoms with E-state index in [4.69, 9.17) is 9.69 Å². The molecule has 0 aromatic carbocycles. The fraction of sp³-hybridized carbons (Fsp3) is 0. The van der Waals surface area contributed by atoms with E-state index in [1.807, 2.05) is 0 Å². The molecule has 0 radical (unpaired) electrons. The van der Waals surface area contributed by atoms with Crippen molar-refractivity contribution in [2.75, 3.05) is 0 Å². The van der Waals surface area contributed by atoms with Crippen molar-refractivity contribution in [3.63, 3.8) is 0 Å². The molecule has 0 heterocycles. The summed E-state index contributed by atoms with van der Waals surface area (Å²) in [5, 5.41) is 0. The van der Waals surface area contributed by atoms with E-state index in [1.54, 1.807) is 0 Å².